The summed E-state index contributed by atoms with van der Waals surface area (Å²) >= 11 is 0. The van der Waals surface area contributed by atoms with Crippen LogP contribution < -0.4 is 4.90 Å². The average molecular weight is 235 g/mol. The molecule has 4 heteroatoms. The first kappa shape index (κ1) is 12.3. The molecule has 0 bridgehead atoms. The fourth-order valence-corrected chi connectivity index (χ4v) is 2.44. The van der Waals surface area contributed by atoms with Crippen LogP contribution in [0.4, 0.5) is 5.95 Å². The van der Waals surface area contributed by atoms with Gasteiger partial charge in [0.05, 0.1) is 6.61 Å². The summed E-state index contributed by atoms with van der Waals surface area (Å²) in [5, 5.41) is 9.10. The van der Waals surface area contributed by atoms with E-state index in [0.717, 1.165) is 17.2 Å². The van der Waals surface area contributed by atoms with E-state index in [1.807, 2.05) is 6.92 Å². The van der Waals surface area contributed by atoms with Gasteiger partial charge >= 0.3 is 0 Å². The number of anilines is 1. The molecule has 0 saturated heterocycles. The molecule has 0 atom stereocenters. The molecule has 0 amide bonds. The Kier molecular flexibility index (Phi) is 3.94. The second-order valence-corrected chi connectivity index (χ2v) is 4.84. The highest BCUT2D eigenvalue weighted by Gasteiger charge is 2.20. The van der Waals surface area contributed by atoms with Gasteiger partial charge in [-0.05, 0) is 19.8 Å². The van der Waals surface area contributed by atoms with E-state index >= 15 is 0 Å². The van der Waals surface area contributed by atoms with Crippen LogP contribution >= 0.6 is 0 Å². The molecule has 4 nitrogen and oxygen atoms in total. The number of nitrogens with zero attached hydrogens (tertiary/aromatic N) is 3. The molecule has 1 aromatic rings. The molecule has 94 valence electrons. The Morgan fingerprint density at radius 1 is 1.35 bits per heavy atom. The van der Waals surface area contributed by atoms with Crippen molar-refractivity contribution < 1.29 is 5.11 Å². The van der Waals surface area contributed by atoms with Crippen LogP contribution in [0, 0.1) is 6.92 Å². The average Bonchev–Trinajstić information content (AvgIpc) is 2.39. The Hall–Kier alpha value is -1.16. The third kappa shape index (κ3) is 2.75. The largest absolute Gasteiger partial charge is 0.392 e. The van der Waals surface area contributed by atoms with Crippen LogP contribution in [0.25, 0.3) is 0 Å². The minimum Gasteiger partial charge on any atom is -0.392 e. The van der Waals surface area contributed by atoms with Gasteiger partial charge < -0.3 is 10.0 Å². The minimum absolute atomic E-state index is 0.0132. The Labute approximate surface area is 103 Å². The van der Waals surface area contributed by atoms with E-state index in [0.29, 0.717) is 6.04 Å². The lowest BCUT2D eigenvalue weighted by atomic mass is 9.95. The van der Waals surface area contributed by atoms with Gasteiger partial charge in [-0.25, -0.2) is 9.97 Å². The van der Waals surface area contributed by atoms with Crippen molar-refractivity contribution in [3.8, 4) is 0 Å². The lowest BCUT2D eigenvalue weighted by Crippen LogP contribution is -2.34. The van der Waals surface area contributed by atoms with Crippen molar-refractivity contribution in [1.82, 2.24) is 9.97 Å². The number of aryl methyl sites for hydroxylation is 1. The number of hydrogen-bond donors (Lipinski definition) is 1. The molecule has 1 saturated carbocycles. The predicted molar refractivity (Wildman–Crippen MR) is 68.0 cm³/mol. The maximum Gasteiger partial charge on any atom is 0.225 e. The Bertz CT molecular complexity index is 375. The SMILES string of the molecule is Cc1nc(N(C)C2CCCCC2)ncc1CO. The molecular weight excluding hydrogens is 214 g/mol. The quantitative estimate of drug-likeness (QED) is 0.871. The third-order valence-electron chi connectivity index (χ3n) is 3.68. The van der Waals surface area contributed by atoms with Gasteiger partial charge in [0.15, 0.2) is 0 Å². The molecule has 1 aliphatic rings. The number of aromatic nitrogens is 2. The van der Waals surface area contributed by atoms with Gasteiger partial charge in [-0.15, -0.1) is 0 Å². The summed E-state index contributed by atoms with van der Waals surface area (Å²) in [4.78, 5) is 11.0. The zero-order chi connectivity index (χ0) is 12.3. The fraction of sp³-hybridized carbons (Fsp3) is 0.692. The van der Waals surface area contributed by atoms with Crippen molar-refractivity contribution in [1.29, 1.82) is 0 Å². The molecule has 0 aromatic carbocycles. The van der Waals surface area contributed by atoms with Crippen LogP contribution in [0.15, 0.2) is 6.20 Å². The van der Waals surface area contributed by atoms with E-state index in [4.69, 9.17) is 5.11 Å². The molecule has 1 heterocycles. The maximum absolute atomic E-state index is 9.10. The van der Waals surface area contributed by atoms with Gasteiger partial charge in [0, 0.05) is 30.5 Å². The highest BCUT2D eigenvalue weighted by molar-refractivity contribution is 5.33. The summed E-state index contributed by atoms with van der Waals surface area (Å²) in [6, 6.07) is 0.572. The van der Waals surface area contributed by atoms with Gasteiger partial charge in [0.2, 0.25) is 5.95 Å². The van der Waals surface area contributed by atoms with Gasteiger partial charge in [-0.1, -0.05) is 19.3 Å². The molecule has 0 spiro atoms. The van der Waals surface area contributed by atoms with Crippen molar-refractivity contribution in [2.45, 2.75) is 51.7 Å². The monoisotopic (exact) mass is 235 g/mol. The molecule has 0 radical (unpaired) electrons. The normalized spacial score (nSPS) is 17.1. The summed E-state index contributed by atoms with van der Waals surface area (Å²) in [5.41, 5.74) is 1.69. The number of aliphatic hydroxyl groups excluding tert-OH is 1. The summed E-state index contributed by atoms with van der Waals surface area (Å²) in [7, 11) is 2.07. The zero-order valence-corrected chi connectivity index (χ0v) is 10.7. The lowest BCUT2D eigenvalue weighted by Gasteiger charge is -2.31. The van der Waals surface area contributed by atoms with Crippen LogP contribution in [0.3, 0.4) is 0 Å². The zero-order valence-electron chi connectivity index (χ0n) is 10.7. The standard InChI is InChI=1S/C13H21N3O/c1-10-11(9-17)8-14-13(15-10)16(2)12-6-4-3-5-7-12/h8,12,17H,3-7,9H2,1-2H3. The van der Waals surface area contributed by atoms with Crippen molar-refractivity contribution in [2.24, 2.45) is 0 Å². The van der Waals surface area contributed by atoms with Crippen LogP contribution in [0.1, 0.15) is 43.4 Å². The third-order valence-corrected chi connectivity index (χ3v) is 3.68. The highest BCUT2D eigenvalue weighted by atomic mass is 16.3. The van der Waals surface area contributed by atoms with Crippen LogP contribution in [0.5, 0.6) is 0 Å². The molecular formula is C13H21N3O. The van der Waals surface area contributed by atoms with E-state index in [1.54, 1.807) is 6.20 Å². The topological polar surface area (TPSA) is 49.2 Å². The van der Waals surface area contributed by atoms with Gasteiger partial charge in [-0.3, -0.25) is 0 Å². The molecule has 0 unspecified atom stereocenters. The van der Waals surface area contributed by atoms with E-state index < -0.39 is 0 Å². The Morgan fingerprint density at radius 2 is 2.06 bits per heavy atom. The van der Waals surface area contributed by atoms with Crippen molar-refractivity contribution in [3.05, 3.63) is 17.5 Å². The lowest BCUT2D eigenvalue weighted by molar-refractivity contribution is 0.280. The number of rotatable bonds is 3. The molecule has 17 heavy (non-hydrogen) atoms. The highest BCUT2D eigenvalue weighted by Crippen LogP contribution is 2.24. The molecule has 0 aliphatic heterocycles. The Morgan fingerprint density at radius 3 is 2.65 bits per heavy atom. The van der Waals surface area contributed by atoms with Gasteiger partial charge in [0.1, 0.15) is 0 Å². The maximum atomic E-state index is 9.10. The second-order valence-electron chi connectivity index (χ2n) is 4.84. The van der Waals surface area contributed by atoms with E-state index in [2.05, 4.69) is 21.9 Å². The molecule has 1 aromatic heterocycles. The summed E-state index contributed by atoms with van der Waals surface area (Å²) in [6.45, 7) is 1.94. The predicted octanol–water partition coefficient (Wildman–Crippen LogP) is 2.05. The van der Waals surface area contributed by atoms with Crippen LogP contribution in [-0.2, 0) is 6.61 Å². The molecule has 1 aliphatic carbocycles. The van der Waals surface area contributed by atoms with Gasteiger partial charge in [0.25, 0.3) is 0 Å². The van der Waals surface area contributed by atoms with E-state index in [-0.39, 0.29) is 6.61 Å². The van der Waals surface area contributed by atoms with E-state index in [9.17, 15) is 0 Å². The first-order chi connectivity index (χ1) is 8.22. The molecule has 1 N–H and O–H groups in total. The number of hydrogen-bond acceptors (Lipinski definition) is 4. The molecule has 1 fully saturated rings. The van der Waals surface area contributed by atoms with E-state index in [1.165, 1.54) is 32.1 Å². The van der Waals surface area contributed by atoms with Crippen LogP contribution in [0.2, 0.25) is 0 Å². The fourth-order valence-electron chi connectivity index (χ4n) is 2.44. The minimum atomic E-state index is 0.0132. The number of aliphatic hydroxyl groups is 1. The van der Waals surface area contributed by atoms with Crippen LogP contribution in [-0.4, -0.2) is 28.2 Å². The second kappa shape index (κ2) is 5.45. The summed E-state index contributed by atoms with van der Waals surface area (Å²) < 4.78 is 0. The van der Waals surface area contributed by atoms with Crippen molar-refractivity contribution >= 4 is 5.95 Å². The molecule has 2 rings (SSSR count). The smallest absolute Gasteiger partial charge is 0.225 e. The van der Waals surface area contributed by atoms with Crippen molar-refractivity contribution in [3.63, 3.8) is 0 Å². The van der Waals surface area contributed by atoms with Crippen molar-refractivity contribution in [2.75, 3.05) is 11.9 Å². The summed E-state index contributed by atoms with van der Waals surface area (Å²) in [6.07, 6.45) is 8.18. The first-order valence-corrected chi connectivity index (χ1v) is 6.38. The summed E-state index contributed by atoms with van der Waals surface area (Å²) in [5.74, 6) is 0.784. The Balaban J connectivity index is 2.12. The van der Waals surface area contributed by atoms with Gasteiger partial charge in [-0.2, -0.15) is 0 Å². The first-order valence-electron chi connectivity index (χ1n) is 6.38.